The first-order chi connectivity index (χ1) is 23.6. The van der Waals surface area contributed by atoms with E-state index in [1.54, 1.807) is 36.4 Å². The Balaban J connectivity index is 1.11. The Morgan fingerprint density at radius 3 is 2.24 bits per heavy atom. The maximum atomic E-state index is 13.6. The fourth-order valence-corrected chi connectivity index (χ4v) is 5.59. The van der Waals surface area contributed by atoms with Crippen LogP contribution in [0.5, 0.6) is 0 Å². The maximum absolute atomic E-state index is 13.6. The lowest BCUT2D eigenvalue weighted by atomic mass is 9.94. The van der Waals surface area contributed by atoms with Gasteiger partial charge < -0.3 is 14.5 Å². The number of aromatic nitrogens is 2. The van der Waals surface area contributed by atoms with Crippen LogP contribution in [0.3, 0.4) is 0 Å². The van der Waals surface area contributed by atoms with Gasteiger partial charge in [-0.1, -0.05) is 19.9 Å². The fraction of sp³-hybridized carbons (Fsp3) is 0.229. The number of benzene rings is 3. The quantitative estimate of drug-likeness (QED) is 0.170. The molecule has 5 aromatic rings. The number of nitrogens with zero attached hydrogens (tertiary/aromatic N) is 4. The van der Waals surface area contributed by atoms with Gasteiger partial charge in [0, 0.05) is 34.0 Å². The molecule has 6 rings (SSSR count). The molecule has 1 aliphatic heterocycles. The van der Waals surface area contributed by atoms with Crippen LogP contribution >= 0.6 is 0 Å². The van der Waals surface area contributed by atoms with E-state index in [-0.39, 0.29) is 30.4 Å². The van der Waals surface area contributed by atoms with Gasteiger partial charge in [-0.05, 0) is 66.6 Å². The molecule has 1 fully saturated rings. The molecule has 1 atom stereocenters. The molecule has 256 valence electrons. The van der Waals surface area contributed by atoms with Gasteiger partial charge in [-0.15, -0.1) is 0 Å². The van der Waals surface area contributed by atoms with E-state index in [4.69, 9.17) is 9.15 Å². The summed E-state index contributed by atoms with van der Waals surface area (Å²) in [4.78, 5) is 35.0. The number of oxazole rings is 1. The zero-order chi connectivity index (χ0) is 36.0. The van der Waals surface area contributed by atoms with E-state index in [0.717, 1.165) is 28.8 Å². The number of cyclic esters (lactones) is 1. The molecule has 3 heterocycles. The summed E-state index contributed by atoms with van der Waals surface area (Å²) in [5.41, 5.74) is -1.16. The van der Waals surface area contributed by atoms with Gasteiger partial charge in [0.1, 0.15) is 17.4 Å². The van der Waals surface area contributed by atoms with Crippen molar-refractivity contribution in [3.05, 3.63) is 101 Å². The zero-order valence-corrected chi connectivity index (χ0v) is 26.2. The van der Waals surface area contributed by atoms with E-state index in [1.807, 2.05) is 13.8 Å². The Kier molecular flexibility index (Phi) is 8.73. The minimum atomic E-state index is -5.07. The number of hydrogen-bond acceptors (Lipinski definition) is 7. The molecule has 0 saturated carbocycles. The second-order valence-corrected chi connectivity index (χ2v) is 11.7. The van der Waals surface area contributed by atoms with Crippen LogP contribution in [0.25, 0.3) is 33.7 Å². The van der Waals surface area contributed by atoms with Gasteiger partial charge in [-0.3, -0.25) is 9.69 Å². The number of pyridine rings is 1. The summed E-state index contributed by atoms with van der Waals surface area (Å²) in [6.07, 6.45) is -11.0. The number of fused-ring (bicyclic) bond motifs is 1. The highest BCUT2D eigenvalue weighted by molar-refractivity contribution is 5.95. The highest BCUT2D eigenvalue weighted by Crippen LogP contribution is 2.44. The molecular formula is C35H25F6N5O4. The third-order valence-corrected chi connectivity index (χ3v) is 8.02. The Bertz CT molecular complexity index is 2100. The largest absolute Gasteiger partial charge is 0.442 e. The van der Waals surface area contributed by atoms with Crippen LogP contribution in [0.2, 0.25) is 0 Å². The van der Waals surface area contributed by atoms with E-state index in [0.29, 0.717) is 46.3 Å². The smallest absolute Gasteiger partial charge is 0.417 e. The van der Waals surface area contributed by atoms with Gasteiger partial charge in [-0.25, -0.2) is 14.8 Å². The van der Waals surface area contributed by atoms with Crippen molar-refractivity contribution in [3.63, 3.8) is 0 Å². The Hall–Kier alpha value is -5.91. The SMILES string of the molecule is CC(C)c1cc(C#N)cc2nc(-c3ccc(C(=O)NC[C@H]4CN(c5ccc(-c6c(C(F)(F)F)cccc6C(F)(F)F)cn5)C(=O)O4)cc3)oc12. The molecule has 9 nitrogen and oxygen atoms in total. The van der Waals surface area contributed by atoms with Crippen molar-refractivity contribution in [2.24, 2.45) is 0 Å². The summed E-state index contributed by atoms with van der Waals surface area (Å²) in [5, 5.41) is 12.0. The lowest BCUT2D eigenvalue weighted by Crippen LogP contribution is -2.34. The molecule has 50 heavy (non-hydrogen) atoms. The number of amides is 2. The first-order valence-corrected chi connectivity index (χ1v) is 15.1. The standard InChI is InChI=1S/C35H25F6N5O4/c1-18(2)24-12-19(14-42)13-27-30(24)50-32(45-27)21-8-6-20(7-9-21)31(47)44-16-23-17-46(33(48)49-23)28-11-10-22(15-43-28)29-25(34(36,37)38)4-3-5-26(29)35(39,40)41/h3-13,15,18,23H,16-17H2,1-2H3,(H,44,47)/t23-/m0/s1. The monoisotopic (exact) mass is 693 g/mol. The molecule has 2 aromatic heterocycles. The van der Waals surface area contributed by atoms with Crippen LogP contribution in [0.15, 0.2) is 77.3 Å². The van der Waals surface area contributed by atoms with Gasteiger partial charge in [0.25, 0.3) is 5.91 Å². The summed E-state index contributed by atoms with van der Waals surface area (Å²) < 4.78 is 93.1. The van der Waals surface area contributed by atoms with E-state index in [2.05, 4.69) is 21.4 Å². The van der Waals surface area contributed by atoms with Gasteiger partial charge in [0.15, 0.2) is 5.58 Å². The minimum absolute atomic E-state index is 0.0650. The molecule has 0 unspecified atom stereocenters. The summed E-state index contributed by atoms with van der Waals surface area (Å²) in [5.74, 6) is -0.139. The van der Waals surface area contributed by atoms with Crippen molar-refractivity contribution in [1.29, 1.82) is 5.26 Å². The minimum Gasteiger partial charge on any atom is -0.442 e. The first-order valence-electron chi connectivity index (χ1n) is 15.1. The predicted octanol–water partition coefficient (Wildman–Crippen LogP) is 8.34. The highest BCUT2D eigenvalue weighted by Gasteiger charge is 2.41. The number of halogens is 6. The Morgan fingerprint density at radius 1 is 1.00 bits per heavy atom. The lowest BCUT2D eigenvalue weighted by Gasteiger charge is -2.19. The molecule has 3 aromatic carbocycles. The maximum Gasteiger partial charge on any atom is 0.417 e. The zero-order valence-electron chi connectivity index (χ0n) is 26.2. The third-order valence-electron chi connectivity index (χ3n) is 8.02. The number of ether oxygens (including phenoxy) is 1. The molecule has 0 spiro atoms. The van der Waals surface area contributed by atoms with Crippen molar-refractivity contribution < 1.29 is 45.1 Å². The number of carbonyl (C=O) groups excluding carboxylic acids is 2. The van der Waals surface area contributed by atoms with Crippen LogP contribution in [-0.4, -0.2) is 41.2 Å². The number of hydrogen-bond donors (Lipinski definition) is 1. The van der Waals surface area contributed by atoms with Crippen molar-refractivity contribution in [2.45, 2.75) is 38.2 Å². The normalized spacial score (nSPS) is 15.0. The second kappa shape index (κ2) is 12.8. The van der Waals surface area contributed by atoms with Gasteiger partial charge >= 0.3 is 18.4 Å². The number of nitriles is 1. The average molecular weight is 694 g/mol. The van der Waals surface area contributed by atoms with Gasteiger partial charge in [0.2, 0.25) is 5.89 Å². The first kappa shape index (κ1) is 34.0. The predicted molar refractivity (Wildman–Crippen MR) is 168 cm³/mol. The number of nitrogens with one attached hydrogen (secondary N) is 1. The molecule has 2 amide bonds. The van der Waals surface area contributed by atoms with Crippen LogP contribution < -0.4 is 10.2 Å². The summed E-state index contributed by atoms with van der Waals surface area (Å²) in [6.45, 7) is 3.76. The third kappa shape index (κ3) is 6.69. The average Bonchev–Trinajstić information content (AvgIpc) is 3.68. The lowest BCUT2D eigenvalue weighted by molar-refractivity contribution is -0.142. The van der Waals surface area contributed by atoms with Crippen molar-refractivity contribution in [3.8, 4) is 28.7 Å². The molecule has 0 radical (unpaired) electrons. The molecule has 1 N–H and O–H groups in total. The number of rotatable bonds is 7. The van der Waals surface area contributed by atoms with Crippen molar-refractivity contribution >= 4 is 28.9 Å². The Labute approximate surface area is 280 Å². The van der Waals surface area contributed by atoms with Gasteiger partial charge in [-0.2, -0.15) is 31.6 Å². The molecule has 1 aliphatic rings. The highest BCUT2D eigenvalue weighted by atomic mass is 19.4. The molecule has 0 aliphatic carbocycles. The topological polar surface area (TPSA) is 121 Å². The number of carbonyl (C=O) groups is 2. The van der Waals surface area contributed by atoms with Crippen LogP contribution in [-0.2, 0) is 17.1 Å². The van der Waals surface area contributed by atoms with Crippen LogP contribution in [0.1, 0.15) is 52.4 Å². The fourth-order valence-electron chi connectivity index (χ4n) is 5.59. The van der Waals surface area contributed by atoms with E-state index >= 15 is 0 Å². The summed E-state index contributed by atoms with van der Waals surface area (Å²) in [7, 11) is 0. The molecule has 15 heteroatoms. The summed E-state index contributed by atoms with van der Waals surface area (Å²) >= 11 is 0. The number of anilines is 1. The second-order valence-electron chi connectivity index (χ2n) is 11.7. The molecule has 1 saturated heterocycles. The van der Waals surface area contributed by atoms with E-state index in [9.17, 15) is 41.2 Å². The van der Waals surface area contributed by atoms with Crippen LogP contribution in [0.4, 0.5) is 37.0 Å². The van der Waals surface area contributed by atoms with Crippen molar-refractivity contribution in [2.75, 3.05) is 18.0 Å². The van der Waals surface area contributed by atoms with E-state index in [1.165, 1.54) is 0 Å². The van der Waals surface area contributed by atoms with E-state index < -0.39 is 52.7 Å². The van der Waals surface area contributed by atoms with Crippen LogP contribution in [0, 0.1) is 11.3 Å². The van der Waals surface area contributed by atoms with Crippen molar-refractivity contribution in [1.82, 2.24) is 15.3 Å². The number of alkyl halides is 6. The van der Waals surface area contributed by atoms with Gasteiger partial charge in [0.05, 0.1) is 35.8 Å². The Morgan fingerprint density at radius 2 is 1.66 bits per heavy atom. The summed E-state index contributed by atoms with van der Waals surface area (Å²) in [6, 6.07) is 15.9. The molecular weight excluding hydrogens is 668 g/mol. The molecule has 0 bridgehead atoms.